The zero-order valence-electron chi connectivity index (χ0n) is 11.3. The van der Waals surface area contributed by atoms with Crippen LogP contribution in [0.5, 0.6) is 0 Å². The molecule has 0 amide bonds. The van der Waals surface area contributed by atoms with E-state index in [-0.39, 0.29) is 11.6 Å². The van der Waals surface area contributed by atoms with Crippen LogP contribution in [-0.2, 0) is 4.74 Å². The van der Waals surface area contributed by atoms with Gasteiger partial charge in [-0.05, 0) is 26.0 Å². The fourth-order valence-electron chi connectivity index (χ4n) is 1.63. The minimum Gasteiger partial charge on any atom is -0.462 e. The number of esters is 1. The van der Waals surface area contributed by atoms with Crippen LogP contribution in [0.2, 0.25) is 0 Å². The lowest BCUT2D eigenvalue weighted by Gasteiger charge is -2.07. The van der Waals surface area contributed by atoms with Crippen LogP contribution in [0.4, 0.5) is 0 Å². The average Bonchev–Trinajstić information content (AvgIpc) is 3.19. The molecule has 0 fully saturated rings. The number of thiazole rings is 1. The maximum Gasteiger partial charge on any atom is 0.358 e. The summed E-state index contributed by atoms with van der Waals surface area (Å²) in [4.78, 5) is 20.2. The first-order valence-corrected chi connectivity index (χ1v) is 7.02. The molecule has 108 valence electrons. The third kappa shape index (κ3) is 2.84. The molecule has 1 atom stereocenters. The van der Waals surface area contributed by atoms with Crippen LogP contribution in [0.1, 0.15) is 35.2 Å². The van der Waals surface area contributed by atoms with Gasteiger partial charge in [0.25, 0.3) is 5.89 Å². The number of rotatable bonds is 4. The highest BCUT2D eigenvalue weighted by molar-refractivity contribution is 7.13. The molecule has 0 spiro atoms. The van der Waals surface area contributed by atoms with Crippen molar-refractivity contribution >= 4 is 17.3 Å². The van der Waals surface area contributed by atoms with E-state index in [9.17, 15) is 4.79 Å². The van der Waals surface area contributed by atoms with Crippen LogP contribution in [0, 0.1) is 6.92 Å². The minimum atomic E-state index is -0.632. The SMILES string of the molecule is Cc1noc(C(C)OC(=O)c2csc(-c3ccco3)n2)n1. The van der Waals surface area contributed by atoms with E-state index in [1.54, 1.807) is 37.6 Å². The molecule has 0 N–H and O–H groups in total. The Morgan fingerprint density at radius 1 is 1.43 bits per heavy atom. The van der Waals surface area contributed by atoms with E-state index in [1.807, 2.05) is 0 Å². The second kappa shape index (κ2) is 5.49. The molecule has 0 aliphatic rings. The van der Waals surface area contributed by atoms with E-state index in [4.69, 9.17) is 13.7 Å². The largest absolute Gasteiger partial charge is 0.462 e. The third-order valence-electron chi connectivity index (χ3n) is 2.62. The molecule has 0 aliphatic heterocycles. The van der Waals surface area contributed by atoms with Gasteiger partial charge in [0, 0.05) is 5.38 Å². The maximum absolute atomic E-state index is 12.0. The van der Waals surface area contributed by atoms with Crippen molar-refractivity contribution in [1.82, 2.24) is 15.1 Å². The van der Waals surface area contributed by atoms with Gasteiger partial charge in [0.15, 0.2) is 28.4 Å². The van der Waals surface area contributed by atoms with Crippen LogP contribution in [-0.4, -0.2) is 21.1 Å². The van der Waals surface area contributed by atoms with E-state index >= 15 is 0 Å². The first-order chi connectivity index (χ1) is 10.1. The van der Waals surface area contributed by atoms with Gasteiger partial charge >= 0.3 is 5.97 Å². The van der Waals surface area contributed by atoms with Crippen LogP contribution < -0.4 is 0 Å². The highest BCUT2D eigenvalue weighted by Crippen LogP contribution is 2.25. The molecule has 3 aromatic heterocycles. The number of hydrogen-bond acceptors (Lipinski definition) is 8. The quantitative estimate of drug-likeness (QED) is 0.684. The Balaban J connectivity index is 1.71. The highest BCUT2D eigenvalue weighted by Gasteiger charge is 2.21. The van der Waals surface area contributed by atoms with E-state index < -0.39 is 12.1 Å². The molecule has 0 radical (unpaired) electrons. The summed E-state index contributed by atoms with van der Waals surface area (Å²) >= 11 is 1.31. The molecule has 7 nitrogen and oxygen atoms in total. The average molecular weight is 305 g/mol. The standard InChI is InChI=1S/C13H11N3O4S/c1-7(11-14-8(2)16-20-11)19-13(17)9-6-21-12(15-9)10-4-3-5-18-10/h3-7H,1-2H3. The Labute approximate surface area is 123 Å². The summed E-state index contributed by atoms with van der Waals surface area (Å²) < 4.78 is 15.4. The monoisotopic (exact) mass is 305 g/mol. The molecule has 3 heterocycles. The van der Waals surface area contributed by atoms with E-state index in [0.717, 1.165) is 0 Å². The molecule has 1 unspecified atom stereocenters. The molecular weight excluding hydrogens is 294 g/mol. The smallest absolute Gasteiger partial charge is 0.358 e. The van der Waals surface area contributed by atoms with E-state index in [0.29, 0.717) is 16.6 Å². The molecular formula is C13H11N3O4S. The molecule has 3 rings (SSSR count). The molecule has 8 heteroatoms. The molecule has 0 aromatic carbocycles. The predicted octanol–water partition coefficient (Wildman–Crippen LogP) is 3.01. The number of hydrogen-bond donors (Lipinski definition) is 0. The lowest BCUT2D eigenvalue weighted by Crippen LogP contribution is -2.10. The summed E-state index contributed by atoms with van der Waals surface area (Å²) in [7, 11) is 0. The van der Waals surface area contributed by atoms with Gasteiger partial charge in [-0.15, -0.1) is 11.3 Å². The number of carbonyl (C=O) groups is 1. The second-order valence-electron chi connectivity index (χ2n) is 4.24. The number of aromatic nitrogens is 3. The normalized spacial score (nSPS) is 12.3. The van der Waals surface area contributed by atoms with Crippen molar-refractivity contribution in [2.45, 2.75) is 20.0 Å². The summed E-state index contributed by atoms with van der Waals surface area (Å²) in [6.07, 6.45) is 0.918. The fraction of sp³-hybridized carbons (Fsp3) is 0.231. The number of aryl methyl sites for hydroxylation is 1. The van der Waals surface area contributed by atoms with Crippen molar-refractivity contribution in [2.75, 3.05) is 0 Å². The third-order valence-corrected chi connectivity index (χ3v) is 3.48. The van der Waals surface area contributed by atoms with E-state index in [1.165, 1.54) is 11.3 Å². The van der Waals surface area contributed by atoms with E-state index in [2.05, 4.69) is 15.1 Å². The number of ether oxygens (including phenoxy) is 1. The molecule has 0 aliphatic carbocycles. The molecule has 3 aromatic rings. The van der Waals surface area contributed by atoms with Crippen molar-refractivity contribution in [3.05, 3.63) is 41.2 Å². The predicted molar refractivity (Wildman–Crippen MR) is 72.7 cm³/mol. The van der Waals surface area contributed by atoms with Crippen molar-refractivity contribution in [1.29, 1.82) is 0 Å². The van der Waals surface area contributed by atoms with Crippen LogP contribution in [0.25, 0.3) is 10.8 Å². The van der Waals surface area contributed by atoms with Crippen molar-refractivity contribution in [2.24, 2.45) is 0 Å². The zero-order valence-corrected chi connectivity index (χ0v) is 12.1. The summed E-state index contributed by atoms with van der Waals surface area (Å²) in [6.45, 7) is 3.35. The molecule has 21 heavy (non-hydrogen) atoms. The Bertz CT molecular complexity index is 747. The minimum absolute atomic E-state index is 0.217. The summed E-state index contributed by atoms with van der Waals surface area (Å²) in [5, 5.41) is 5.89. The number of nitrogens with zero attached hydrogens (tertiary/aromatic N) is 3. The summed E-state index contributed by atoms with van der Waals surface area (Å²) in [6, 6.07) is 3.53. The Hall–Kier alpha value is -2.48. The van der Waals surface area contributed by atoms with Gasteiger partial charge in [-0.25, -0.2) is 9.78 Å². The van der Waals surface area contributed by atoms with Crippen molar-refractivity contribution in [3.8, 4) is 10.8 Å². The van der Waals surface area contributed by atoms with Crippen molar-refractivity contribution in [3.63, 3.8) is 0 Å². The second-order valence-corrected chi connectivity index (χ2v) is 5.10. The molecule has 0 bridgehead atoms. The van der Waals surface area contributed by atoms with Gasteiger partial charge in [0.05, 0.1) is 6.26 Å². The van der Waals surface area contributed by atoms with Gasteiger partial charge in [-0.2, -0.15) is 4.98 Å². The molecule has 0 saturated carbocycles. The van der Waals surface area contributed by atoms with Gasteiger partial charge in [-0.3, -0.25) is 0 Å². The molecule has 0 saturated heterocycles. The topological polar surface area (TPSA) is 91.2 Å². The first-order valence-electron chi connectivity index (χ1n) is 6.14. The van der Waals surface area contributed by atoms with Crippen LogP contribution in [0.3, 0.4) is 0 Å². The first kappa shape index (κ1) is 13.5. The Kier molecular flexibility index (Phi) is 3.53. The van der Waals surface area contributed by atoms with Crippen LogP contribution >= 0.6 is 11.3 Å². The highest BCUT2D eigenvalue weighted by atomic mass is 32.1. The van der Waals surface area contributed by atoms with Gasteiger partial charge < -0.3 is 13.7 Å². The lowest BCUT2D eigenvalue weighted by atomic mass is 10.4. The summed E-state index contributed by atoms with van der Waals surface area (Å²) in [5.74, 6) is 0.802. The lowest BCUT2D eigenvalue weighted by molar-refractivity contribution is 0.0259. The van der Waals surface area contributed by atoms with Gasteiger partial charge in [0.2, 0.25) is 0 Å². The van der Waals surface area contributed by atoms with Crippen LogP contribution in [0.15, 0.2) is 32.7 Å². The Morgan fingerprint density at radius 3 is 2.95 bits per heavy atom. The van der Waals surface area contributed by atoms with Gasteiger partial charge in [0.1, 0.15) is 0 Å². The fourth-order valence-corrected chi connectivity index (χ4v) is 2.39. The summed E-state index contributed by atoms with van der Waals surface area (Å²) in [5.41, 5.74) is 0.217. The zero-order chi connectivity index (χ0) is 14.8. The number of carbonyl (C=O) groups excluding carboxylic acids is 1. The Morgan fingerprint density at radius 2 is 2.29 bits per heavy atom. The van der Waals surface area contributed by atoms with Gasteiger partial charge in [-0.1, -0.05) is 5.16 Å². The maximum atomic E-state index is 12.0. The number of furan rings is 1. The van der Waals surface area contributed by atoms with Crippen molar-refractivity contribution < 1.29 is 18.5 Å².